The van der Waals surface area contributed by atoms with E-state index in [1.165, 1.54) is 17.5 Å². The fourth-order valence-corrected chi connectivity index (χ4v) is 3.62. The van der Waals surface area contributed by atoms with Crippen molar-refractivity contribution in [2.45, 2.75) is 39.5 Å². The van der Waals surface area contributed by atoms with Crippen LogP contribution in [-0.2, 0) is 12.8 Å². The van der Waals surface area contributed by atoms with Gasteiger partial charge in [-0.15, -0.1) is 5.10 Å². The number of hydrogen-bond acceptors (Lipinski definition) is 6. The number of aromatic nitrogens is 2. The average molecular weight is 407 g/mol. The highest BCUT2D eigenvalue weighted by atomic mass is 16.5. The molecule has 0 unspecified atom stereocenters. The van der Waals surface area contributed by atoms with Gasteiger partial charge in [-0.05, 0) is 81.0 Å². The van der Waals surface area contributed by atoms with Crippen LogP contribution in [0.3, 0.4) is 0 Å². The standard InChI is InChI=1S/C23H25N3O4/c1-3-28-19-12-11-18(14-20(19)29-4-2)22-25-26-23(30-22)24-21(27)17-10-9-15-7-5-6-8-16(15)13-17/h9-14H,3-8H2,1-2H3,(H,24,26,27). The van der Waals surface area contributed by atoms with Crippen LogP contribution in [0, 0.1) is 0 Å². The van der Waals surface area contributed by atoms with Crippen molar-refractivity contribution >= 4 is 11.9 Å². The number of carbonyl (C=O) groups excluding carboxylic acids is 1. The van der Waals surface area contributed by atoms with Gasteiger partial charge in [-0.1, -0.05) is 11.2 Å². The molecule has 1 amide bonds. The van der Waals surface area contributed by atoms with Gasteiger partial charge in [0, 0.05) is 11.1 Å². The van der Waals surface area contributed by atoms with E-state index in [9.17, 15) is 4.79 Å². The summed E-state index contributed by atoms with van der Waals surface area (Å²) in [5.74, 6) is 1.29. The molecule has 1 aliphatic carbocycles. The molecule has 0 atom stereocenters. The summed E-state index contributed by atoms with van der Waals surface area (Å²) in [7, 11) is 0. The number of benzene rings is 2. The summed E-state index contributed by atoms with van der Waals surface area (Å²) in [4.78, 5) is 12.6. The van der Waals surface area contributed by atoms with Crippen LogP contribution in [-0.4, -0.2) is 29.3 Å². The second kappa shape index (κ2) is 8.98. The molecule has 0 saturated heterocycles. The van der Waals surface area contributed by atoms with E-state index in [0.717, 1.165) is 19.3 Å². The number of nitrogens with zero attached hydrogens (tertiary/aromatic N) is 2. The summed E-state index contributed by atoms with van der Waals surface area (Å²) in [6, 6.07) is 11.3. The summed E-state index contributed by atoms with van der Waals surface area (Å²) in [5.41, 5.74) is 3.86. The van der Waals surface area contributed by atoms with Crippen molar-refractivity contribution in [3.8, 4) is 23.0 Å². The van der Waals surface area contributed by atoms with Gasteiger partial charge in [0.15, 0.2) is 11.5 Å². The molecule has 1 N–H and O–H groups in total. The van der Waals surface area contributed by atoms with Gasteiger partial charge in [0.2, 0.25) is 5.89 Å². The van der Waals surface area contributed by atoms with Gasteiger partial charge in [-0.2, -0.15) is 0 Å². The Morgan fingerprint density at radius 3 is 2.53 bits per heavy atom. The van der Waals surface area contributed by atoms with E-state index in [1.54, 1.807) is 12.1 Å². The predicted octanol–water partition coefficient (Wildman–Crippen LogP) is 4.67. The lowest BCUT2D eigenvalue weighted by molar-refractivity contribution is 0.102. The van der Waals surface area contributed by atoms with Crippen molar-refractivity contribution in [1.29, 1.82) is 0 Å². The maximum atomic E-state index is 12.6. The maximum Gasteiger partial charge on any atom is 0.322 e. The highest BCUT2D eigenvalue weighted by Crippen LogP contribution is 2.33. The van der Waals surface area contributed by atoms with E-state index >= 15 is 0 Å². The van der Waals surface area contributed by atoms with Gasteiger partial charge >= 0.3 is 6.01 Å². The molecule has 156 valence electrons. The first-order valence-electron chi connectivity index (χ1n) is 10.3. The van der Waals surface area contributed by atoms with Gasteiger partial charge in [-0.3, -0.25) is 10.1 Å². The van der Waals surface area contributed by atoms with E-state index in [0.29, 0.717) is 41.7 Å². The van der Waals surface area contributed by atoms with Gasteiger partial charge in [0.25, 0.3) is 5.91 Å². The van der Waals surface area contributed by atoms with Crippen LogP contribution in [0.4, 0.5) is 6.01 Å². The monoisotopic (exact) mass is 407 g/mol. The summed E-state index contributed by atoms with van der Waals surface area (Å²) in [6.45, 7) is 4.87. The van der Waals surface area contributed by atoms with Crippen LogP contribution in [0.1, 0.15) is 48.2 Å². The highest BCUT2D eigenvalue weighted by Gasteiger charge is 2.17. The lowest BCUT2D eigenvalue weighted by atomic mass is 9.90. The van der Waals surface area contributed by atoms with E-state index < -0.39 is 0 Å². The average Bonchev–Trinajstić information content (AvgIpc) is 3.23. The summed E-state index contributed by atoms with van der Waals surface area (Å²) < 4.78 is 16.9. The molecule has 1 aromatic heterocycles. The molecule has 30 heavy (non-hydrogen) atoms. The van der Waals surface area contributed by atoms with Gasteiger partial charge < -0.3 is 13.9 Å². The molecule has 2 aromatic carbocycles. The first-order chi connectivity index (χ1) is 14.7. The van der Waals surface area contributed by atoms with Crippen LogP contribution in [0.15, 0.2) is 40.8 Å². The van der Waals surface area contributed by atoms with Crippen molar-refractivity contribution in [3.63, 3.8) is 0 Å². The third-order valence-electron chi connectivity index (χ3n) is 5.05. The summed E-state index contributed by atoms with van der Waals surface area (Å²) in [5, 5.41) is 10.7. The zero-order valence-electron chi connectivity index (χ0n) is 17.2. The molecule has 0 bridgehead atoms. The molecular weight excluding hydrogens is 382 g/mol. The largest absolute Gasteiger partial charge is 0.490 e. The zero-order chi connectivity index (χ0) is 20.9. The minimum atomic E-state index is -0.264. The third kappa shape index (κ3) is 4.30. The molecule has 0 aliphatic heterocycles. The van der Waals surface area contributed by atoms with Crippen molar-refractivity contribution in [2.24, 2.45) is 0 Å². The molecular formula is C23H25N3O4. The number of amides is 1. The van der Waals surface area contributed by atoms with Crippen molar-refractivity contribution < 1.29 is 18.7 Å². The molecule has 1 aliphatic rings. The number of rotatable bonds is 7. The van der Waals surface area contributed by atoms with Crippen LogP contribution < -0.4 is 14.8 Å². The van der Waals surface area contributed by atoms with Gasteiger partial charge in [0.05, 0.1) is 13.2 Å². The molecule has 0 fully saturated rings. The Labute approximate surface area is 175 Å². The molecule has 3 aromatic rings. The first kappa shape index (κ1) is 19.9. The number of carbonyl (C=O) groups is 1. The van der Waals surface area contributed by atoms with Crippen molar-refractivity contribution in [1.82, 2.24) is 10.2 Å². The van der Waals surface area contributed by atoms with Crippen LogP contribution in [0.2, 0.25) is 0 Å². The Balaban J connectivity index is 1.50. The molecule has 0 saturated carbocycles. The van der Waals surface area contributed by atoms with Crippen LogP contribution in [0.25, 0.3) is 11.5 Å². The highest BCUT2D eigenvalue weighted by molar-refractivity contribution is 6.03. The Morgan fingerprint density at radius 1 is 0.967 bits per heavy atom. The summed E-state index contributed by atoms with van der Waals surface area (Å²) in [6.07, 6.45) is 4.47. The second-order valence-corrected chi connectivity index (χ2v) is 7.08. The van der Waals surface area contributed by atoms with Crippen LogP contribution in [0.5, 0.6) is 11.5 Å². The van der Waals surface area contributed by atoms with E-state index in [2.05, 4.69) is 15.5 Å². The zero-order valence-corrected chi connectivity index (χ0v) is 17.2. The van der Waals surface area contributed by atoms with E-state index in [-0.39, 0.29) is 11.9 Å². The fraction of sp³-hybridized carbons (Fsp3) is 0.348. The smallest absolute Gasteiger partial charge is 0.322 e. The first-order valence-corrected chi connectivity index (χ1v) is 10.3. The number of anilines is 1. The SMILES string of the molecule is CCOc1ccc(-c2nnc(NC(=O)c3ccc4c(c3)CCCC4)o2)cc1OCC. The van der Waals surface area contributed by atoms with Crippen LogP contribution >= 0.6 is 0 Å². The Hall–Kier alpha value is -3.35. The number of ether oxygens (including phenoxy) is 2. The Morgan fingerprint density at radius 2 is 1.73 bits per heavy atom. The number of fused-ring (bicyclic) bond motifs is 1. The normalized spacial score (nSPS) is 12.9. The van der Waals surface area contributed by atoms with E-state index in [1.807, 2.05) is 38.1 Å². The summed E-state index contributed by atoms with van der Waals surface area (Å²) >= 11 is 0. The molecule has 0 radical (unpaired) electrons. The third-order valence-corrected chi connectivity index (χ3v) is 5.05. The molecule has 7 heteroatoms. The minimum Gasteiger partial charge on any atom is -0.490 e. The molecule has 0 spiro atoms. The predicted molar refractivity (Wildman–Crippen MR) is 113 cm³/mol. The Kier molecular flexibility index (Phi) is 5.97. The maximum absolute atomic E-state index is 12.6. The number of nitrogens with one attached hydrogen (secondary N) is 1. The topological polar surface area (TPSA) is 86.5 Å². The molecule has 1 heterocycles. The van der Waals surface area contributed by atoms with Gasteiger partial charge in [-0.25, -0.2) is 0 Å². The lowest BCUT2D eigenvalue weighted by Crippen LogP contribution is -2.13. The molecule has 4 rings (SSSR count). The fourth-order valence-electron chi connectivity index (χ4n) is 3.62. The minimum absolute atomic E-state index is 0.0552. The number of aryl methyl sites for hydroxylation is 2. The lowest BCUT2D eigenvalue weighted by Gasteiger charge is -2.16. The Bertz CT molecular complexity index is 1040. The van der Waals surface area contributed by atoms with Crippen molar-refractivity contribution in [3.05, 3.63) is 53.1 Å². The van der Waals surface area contributed by atoms with Crippen molar-refractivity contribution in [2.75, 3.05) is 18.5 Å². The van der Waals surface area contributed by atoms with Gasteiger partial charge in [0.1, 0.15) is 0 Å². The quantitative estimate of drug-likeness (QED) is 0.613. The molecule has 7 nitrogen and oxygen atoms in total. The second-order valence-electron chi connectivity index (χ2n) is 7.08. The number of hydrogen-bond donors (Lipinski definition) is 1. The van der Waals surface area contributed by atoms with E-state index in [4.69, 9.17) is 13.9 Å².